The molecule has 4 rings (SSSR count). The van der Waals surface area contributed by atoms with Crippen molar-refractivity contribution in [3.63, 3.8) is 0 Å². The first-order valence-corrected chi connectivity index (χ1v) is 9.24. The first-order chi connectivity index (χ1) is 12.2. The Kier molecular flexibility index (Phi) is 4.53. The molecular weight excluding hydrogens is 316 g/mol. The third-order valence-corrected chi connectivity index (χ3v) is 5.48. The van der Waals surface area contributed by atoms with Crippen molar-refractivity contribution in [2.75, 3.05) is 6.54 Å². The molecule has 1 aliphatic carbocycles. The number of carbonyl (C=O) groups is 1. The van der Waals surface area contributed by atoms with E-state index in [0.717, 1.165) is 19.4 Å². The van der Waals surface area contributed by atoms with Crippen LogP contribution in [0.1, 0.15) is 44.3 Å². The molecule has 1 aromatic heterocycles. The van der Waals surface area contributed by atoms with Crippen LogP contribution in [0.5, 0.6) is 0 Å². The van der Waals surface area contributed by atoms with Crippen LogP contribution < -0.4 is 10.9 Å². The molecule has 2 aliphatic rings. The molecule has 2 heterocycles. The Morgan fingerprint density at radius 3 is 2.84 bits per heavy atom. The van der Waals surface area contributed by atoms with Gasteiger partial charge in [-0.25, -0.2) is 4.98 Å². The highest BCUT2D eigenvalue weighted by molar-refractivity contribution is 5.82. The van der Waals surface area contributed by atoms with Crippen LogP contribution in [0.3, 0.4) is 0 Å². The fraction of sp³-hybridized carbons (Fsp3) is 0.526. The van der Waals surface area contributed by atoms with E-state index in [0.29, 0.717) is 22.8 Å². The summed E-state index contributed by atoms with van der Waals surface area (Å²) >= 11 is 0. The van der Waals surface area contributed by atoms with E-state index in [-0.39, 0.29) is 24.1 Å². The van der Waals surface area contributed by atoms with Gasteiger partial charge in [-0.05, 0) is 44.4 Å². The summed E-state index contributed by atoms with van der Waals surface area (Å²) in [7, 11) is 0. The highest BCUT2D eigenvalue weighted by Gasteiger charge is 2.36. The molecule has 0 bridgehead atoms. The Morgan fingerprint density at radius 1 is 1.20 bits per heavy atom. The van der Waals surface area contributed by atoms with Crippen LogP contribution in [0.15, 0.2) is 29.1 Å². The number of hydrogen-bond acceptors (Lipinski definition) is 4. The number of rotatable bonds is 4. The summed E-state index contributed by atoms with van der Waals surface area (Å²) in [6.45, 7) is 1.28. The lowest BCUT2D eigenvalue weighted by Gasteiger charge is -2.29. The van der Waals surface area contributed by atoms with Crippen molar-refractivity contribution in [1.82, 2.24) is 20.2 Å². The summed E-state index contributed by atoms with van der Waals surface area (Å²) in [5.41, 5.74) is 0.493. The lowest BCUT2D eigenvalue weighted by atomic mass is 10.1. The molecule has 1 aromatic carbocycles. The quantitative estimate of drug-likeness (QED) is 0.892. The van der Waals surface area contributed by atoms with E-state index in [1.165, 1.54) is 25.7 Å². The van der Waals surface area contributed by atoms with Gasteiger partial charge in [0.1, 0.15) is 5.82 Å². The highest BCUT2D eigenvalue weighted by atomic mass is 16.2. The molecule has 6 heteroatoms. The van der Waals surface area contributed by atoms with E-state index in [4.69, 9.17) is 0 Å². The summed E-state index contributed by atoms with van der Waals surface area (Å²) < 4.78 is 0. The molecule has 2 N–H and O–H groups in total. The molecule has 6 nitrogen and oxygen atoms in total. The maximum absolute atomic E-state index is 12.7. The maximum atomic E-state index is 12.7. The van der Waals surface area contributed by atoms with E-state index in [1.54, 1.807) is 6.07 Å². The summed E-state index contributed by atoms with van der Waals surface area (Å²) in [4.78, 5) is 34.4. The number of amides is 1. The minimum absolute atomic E-state index is 0.0321. The Balaban J connectivity index is 1.44. The smallest absolute Gasteiger partial charge is 0.258 e. The largest absolute Gasteiger partial charge is 0.348 e. The first kappa shape index (κ1) is 16.3. The number of para-hydroxylation sites is 1. The SMILES string of the molecule is O=C(NCc1nc2ccccc2c(=O)[nH]1)[C@H]1CCCN1C1CCCC1. The minimum Gasteiger partial charge on any atom is -0.348 e. The number of nitrogens with one attached hydrogen (secondary N) is 2. The molecule has 132 valence electrons. The van der Waals surface area contributed by atoms with Gasteiger partial charge in [-0.2, -0.15) is 0 Å². The monoisotopic (exact) mass is 340 g/mol. The normalized spacial score (nSPS) is 21.8. The average Bonchev–Trinajstić information content (AvgIpc) is 3.30. The number of hydrogen-bond donors (Lipinski definition) is 2. The zero-order chi connectivity index (χ0) is 17.2. The van der Waals surface area contributed by atoms with Gasteiger partial charge in [0, 0.05) is 6.04 Å². The van der Waals surface area contributed by atoms with E-state index < -0.39 is 0 Å². The van der Waals surface area contributed by atoms with E-state index in [9.17, 15) is 9.59 Å². The van der Waals surface area contributed by atoms with Crippen LogP contribution in [0.4, 0.5) is 0 Å². The molecule has 1 amide bonds. The number of carbonyl (C=O) groups excluding carboxylic acids is 1. The Bertz CT molecular complexity index is 826. The van der Waals surface area contributed by atoms with Crippen LogP contribution in [-0.4, -0.2) is 39.4 Å². The molecule has 0 unspecified atom stereocenters. The predicted molar refractivity (Wildman–Crippen MR) is 96.2 cm³/mol. The Morgan fingerprint density at radius 2 is 2.00 bits per heavy atom. The van der Waals surface area contributed by atoms with Crippen molar-refractivity contribution in [3.05, 3.63) is 40.4 Å². The minimum atomic E-state index is -0.164. The second-order valence-corrected chi connectivity index (χ2v) is 7.08. The van der Waals surface area contributed by atoms with Gasteiger partial charge in [-0.1, -0.05) is 25.0 Å². The molecule has 1 saturated carbocycles. The van der Waals surface area contributed by atoms with Crippen LogP contribution in [0, 0.1) is 0 Å². The third-order valence-electron chi connectivity index (χ3n) is 5.48. The highest BCUT2D eigenvalue weighted by Crippen LogP contribution is 2.30. The van der Waals surface area contributed by atoms with Crippen molar-refractivity contribution in [3.8, 4) is 0 Å². The molecule has 2 aromatic rings. The molecule has 0 spiro atoms. The second kappa shape index (κ2) is 6.96. The number of nitrogens with zero attached hydrogens (tertiary/aromatic N) is 2. The van der Waals surface area contributed by atoms with Gasteiger partial charge in [0.05, 0.1) is 23.5 Å². The molecular formula is C19H24N4O2. The van der Waals surface area contributed by atoms with Crippen molar-refractivity contribution < 1.29 is 4.79 Å². The lowest BCUT2D eigenvalue weighted by Crippen LogP contribution is -2.47. The maximum Gasteiger partial charge on any atom is 0.258 e. The second-order valence-electron chi connectivity index (χ2n) is 7.08. The number of likely N-dealkylation sites (tertiary alicyclic amines) is 1. The number of aromatic amines is 1. The van der Waals surface area contributed by atoms with E-state index >= 15 is 0 Å². The fourth-order valence-corrected chi connectivity index (χ4v) is 4.25. The van der Waals surface area contributed by atoms with E-state index in [1.807, 2.05) is 18.2 Å². The summed E-state index contributed by atoms with van der Waals surface area (Å²) in [6.07, 6.45) is 6.98. The van der Waals surface area contributed by atoms with Crippen LogP contribution >= 0.6 is 0 Å². The number of fused-ring (bicyclic) bond motifs is 1. The van der Waals surface area contributed by atoms with Crippen LogP contribution in [0.25, 0.3) is 10.9 Å². The van der Waals surface area contributed by atoms with Crippen molar-refractivity contribution in [2.24, 2.45) is 0 Å². The zero-order valence-corrected chi connectivity index (χ0v) is 14.3. The molecule has 1 atom stereocenters. The van der Waals surface area contributed by atoms with Gasteiger partial charge in [0.15, 0.2) is 0 Å². The summed E-state index contributed by atoms with van der Waals surface area (Å²) in [5.74, 6) is 0.558. The summed E-state index contributed by atoms with van der Waals surface area (Å²) in [6, 6.07) is 7.77. The molecule has 2 fully saturated rings. The van der Waals surface area contributed by atoms with Crippen molar-refractivity contribution >= 4 is 16.8 Å². The van der Waals surface area contributed by atoms with Gasteiger partial charge in [-0.3, -0.25) is 14.5 Å². The third kappa shape index (κ3) is 3.31. The van der Waals surface area contributed by atoms with Crippen molar-refractivity contribution in [2.45, 2.75) is 57.2 Å². The van der Waals surface area contributed by atoms with Gasteiger partial charge in [0.2, 0.25) is 5.91 Å². The Labute approximate surface area is 146 Å². The van der Waals surface area contributed by atoms with Crippen LogP contribution in [0.2, 0.25) is 0 Å². The van der Waals surface area contributed by atoms with Gasteiger partial charge in [0.25, 0.3) is 5.56 Å². The molecule has 25 heavy (non-hydrogen) atoms. The topological polar surface area (TPSA) is 78.1 Å². The standard InChI is InChI=1S/C19H24N4O2/c24-18-14-8-3-4-9-15(14)21-17(22-18)12-20-19(25)16-10-5-11-23(16)13-6-1-2-7-13/h3-4,8-9,13,16H,1-2,5-7,10-12H2,(H,20,25)(H,21,22,24)/t16-/m1/s1. The Hall–Kier alpha value is -2.21. The first-order valence-electron chi connectivity index (χ1n) is 9.24. The molecule has 0 radical (unpaired) electrons. The predicted octanol–water partition coefficient (Wildman–Crippen LogP) is 1.95. The van der Waals surface area contributed by atoms with Gasteiger partial charge >= 0.3 is 0 Å². The zero-order valence-electron chi connectivity index (χ0n) is 14.3. The van der Waals surface area contributed by atoms with E-state index in [2.05, 4.69) is 20.2 Å². The number of H-pyrrole nitrogens is 1. The average molecular weight is 340 g/mol. The van der Waals surface area contributed by atoms with Crippen LogP contribution in [-0.2, 0) is 11.3 Å². The van der Waals surface area contributed by atoms with Gasteiger partial charge < -0.3 is 10.3 Å². The molecule has 1 aliphatic heterocycles. The summed E-state index contributed by atoms with van der Waals surface area (Å²) in [5, 5.41) is 3.54. The number of aromatic nitrogens is 2. The molecule has 1 saturated heterocycles. The van der Waals surface area contributed by atoms with Crippen molar-refractivity contribution in [1.29, 1.82) is 0 Å². The fourth-order valence-electron chi connectivity index (χ4n) is 4.25. The lowest BCUT2D eigenvalue weighted by molar-refractivity contribution is -0.126. The number of benzene rings is 1. The van der Waals surface area contributed by atoms with Gasteiger partial charge in [-0.15, -0.1) is 0 Å².